The summed E-state index contributed by atoms with van der Waals surface area (Å²) in [4.78, 5) is 2.03. The third-order valence-corrected chi connectivity index (χ3v) is 12.6. The van der Waals surface area contributed by atoms with Crippen molar-refractivity contribution in [3.8, 4) is 22.3 Å². The average Bonchev–Trinajstić information content (AvgIpc) is 3.64. The summed E-state index contributed by atoms with van der Waals surface area (Å²) in [5.41, 5.74) is 11.0. The minimum Gasteiger partial charge on any atom is -0.508 e. The van der Waals surface area contributed by atoms with E-state index >= 15 is 0 Å². The molecule has 0 radical (unpaired) electrons. The fourth-order valence-electron chi connectivity index (χ4n) is 9.83. The summed E-state index contributed by atoms with van der Waals surface area (Å²) in [6.07, 6.45) is 0.319. The van der Waals surface area contributed by atoms with E-state index in [9.17, 15) is 15.3 Å². The minimum absolute atomic E-state index is 0.0522. The van der Waals surface area contributed by atoms with Gasteiger partial charge in [0.1, 0.15) is 5.76 Å². The minimum atomic E-state index is -0.660. The molecule has 9 aromatic carbocycles. The van der Waals surface area contributed by atoms with E-state index < -0.39 is 11.2 Å². The summed E-state index contributed by atoms with van der Waals surface area (Å²) >= 11 is 0. The van der Waals surface area contributed by atoms with E-state index in [0.29, 0.717) is 17.7 Å². The molecule has 4 nitrogen and oxygen atoms in total. The summed E-state index contributed by atoms with van der Waals surface area (Å²) < 4.78 is 0. The van der Waals surface area contributed by atoms with Crippen LogP contribution in [0.4, 0.5) is 11.4 Å². The number of rotatable bonds is 10. The SMILES string of the molecule is C=C(O)/C(=C(O)\C(O)=C(/CC)N(c1ccc(-c2ccccc2)cc1)c1ccc2c(c1)C(c1ccccc1)(c1ccccc1)c1ccccc1-2)c1cc2ccccc2c2ccccc12. The van der Waals surface area contributed by atoms with Crippen LogP contribution in [0.15, 0.2) is 242 Å². The first-order valence-electron chi connectivity index (χ1n) is 21.4. The molecule has 0 saturated heterocycles. The van der Waals surface area contributed by atoms with Gasteiger partial charge in [0.2, 0.25) is 0 Å². The Morgan fingerprint density at radius 1 is 0.476 bits per heavy atom. The summed E-state index contributed by atoms with van der Waals surface area (Å²) in [6.45, 7) is 5.89. The molecule has 63 heavy (non-hydrogen) atoms. The Labute approximate surface area is 367 Å². The quantitative estimate of drug-likeness (QED) is 0.0731. The molecular formula is C59H45NO3. The van der Waals surface area contributed by atoms with Crippen molar-refractivity contribution in [2.45, 2.75) is 18.8 Å². The number of aliphatic hydroxyl groups excluding tert-OH is 3. The first-order chi connectivity index (χ1) is 30.9. The van der Waals surface area contributed by atoms with Crippen LogP contribution in [-0.2, 0) is 5.41 Å². The van der Waals surface area contributed by atoms with Crippen LogP contribution in [0.1, 0.15) is 41.2 Å². The van der Waals surface area contributed by atoms with Crippen LogP contribution >= 0.6 is 0 Å². The van der Waals surface area contributed by atoms with Gasteiger partial charge in [-0.25, -0.2) is 0 Å². The highest BCUT2D eigenvalue weighted by Crippen LogP contribution is 2.57. The van der Waals surface area contributed by atoms with E-state index in [4.69, 9.17) is 0 Å². The monoisotopic (exact) mass is 815 g/mol. The first kappa shape index (κ1) is 39.1. The third-order valence-electron chi connectivity index (χ3n) is 12.6. The molecule has 0 saturated carbocycles. The van der Waals surface area contributed by atoms with Gasteiger partial charge < -0.3 is 20.2 Å². The first-order valence-corrected chi connectivity index (χ1v) is 21.4. The lowest BCUT2D eigenvalue weighted by Gasteiger charge is -2.35. The van der Waals surface area contributed by atoms with Crippen molar-refractivity contribution >= 4 is 38.5 Å². The molecule has 304 valence electrons. The van der Waals surface area contributed by atoms with Gasteiger partial charge in [-0.15, -0.1) is 0 Å². The Kier molecular flexibility index (Phi) is 9.97. The molecular weight excluding hydrogens is 771 g/mol. The fraction of sp³-hybridized carbons (Fsp3) is 0.0508. The Bertz CT molecular complexity index is 3200. The molecule has 0 spiro atoms. The van der Waals surface area contributed by atoms with Crippen molar-refractivity contribution in [3.05, 3.63) is 270 Å². The molecule has 0 aromatic heterocycles. The maximum absolute atomic E-state index is 12.6. The Balaban J connectivity index is 1.24. The Morgan fingerprint density at radius 3 is 1.65 bits per heavy atom. The van der Waals surface area contributed by atoms with Gasteiger partial charge in [-0.3, -0.25) is 0 Å². The van der Waals surface area contributed by atoms with Crippen LogP contribution in [-0.4, -0.2) is 15.3 Å². The largest absolute Gasteiger partial charge is 0.508 e. The van der Waals surface area contributed by atoms with E-state index in [1.807, 2.05) is 78.6 Å². The molecule has 0 amide bonds. The molecule has 1 aliphatic rings. The standard InChI is InChI=1S/C59H45NO3/c1-3-55(57(62)58(63)56(39(2)61)52-37-42-21-13-14-26-47(42)48-27-15-16-28-49(48)52)60(45-33-31-41(32-34-45)40-19-7-4-8-20-40)46-35-36-51-50-29-17-18-30-53(50)59(54(51)38-46,43-22-9-5-10-23-43)44-24-11-6-12-25-44/h4-38,61-63H,2-3H2,1H3/b57-55-,58-56-. The number of benzene rings is 9. The molecule has 10 rings (SSSR count). The second kappa shape index (κ2) is 16.1. The zero-order valence-corrected chi connectivity index (χ0v) is 34.9. The van der Waals surface area contributed by atoms with Crippen molar-refractivity contribution in [1.82, 2.24) is 0 Å². The Morgan fingerprint density at radius 2 is 1.00 bits per heavy atom. The predicted octanol–water partition coefficient (Wildman–Crippen LogP) is 15.4. The highest BCUT2D eigenvalue weighted by Gasteiger charge is 2.46. The number of nitrogens with zero attached hydrogens (tertiary/aromatic N) is 1. The zero-order chi connectivity index (χ0) is 43.1. The highest BCUT2D eigenvalue weighted by molar-refractivity contribution is 6.13. The lowest BCUT2D eigenvalue weighted by Crippen LogP contribution is -2.29. The lowest BCUT2D eigenvalue weighted by atomic mass is 9.67. The van der Waals surface area contributed by atoms with Gasteiger partial charge in [0, 0.05) is 11.4 Å². The van der Waals surface area contributed by atoms with Gasteiger partial charge in [0.15, 0.2) is 11.5 Å². The molecule has 0 fully saturated rings. The number of hydrogen-bond donors (Lipinski definition) is 3. The summed E-state index contributed by atoms with van der Waals surface area (Å²) in [5, 5.41) is 40.2. The van der Waals surface area contributed by atoms with E-state index in [2.05, 4.69) is 152 Å². The third kappa shape index (κ3) is 6.47. The van der Waals surface area contributed by atoms with E-state index in [-0.39, 0.29) is 17.1 Å². The van der Waals surface area contributed by atoms with Crippen molar-refractivity contribution in [1.29, 1.82) is 0 Å². The molecule has 1 aliphatic carbocycles. The summed E-state index contributed by atoms with van der Waals surface area (Å²) in [6, 6.07) is 72.9. The van der Waals surface area contributed by atoms with Crippen LogP contribution in [0, 0.1) is 0 Å². The van der Waals surface area contributed by atoms with E-state index in [1.165, 1.54) is 5.56 Å². The molecule has 0 atom stereocenters. The van der Waals surface area contributed by atoms with Gasteiger partial charge in [0.05, 0.1) is 16.7 Å². The van der Waals surface area contributed by atoms with Gasteiger partial charge in [0.25, 0.3) is 0 Å². The topological polar surface area (TPSA) is 63.9 Å². The van der Waals surface area contributed by atoms with E-state index in [1.54, 1.807) is 0 Å². The summed E-state index contributed by atoms with van der Waals surface area (Å²) in [7, 11) is 0. The predicted molar refractivity (Wildman–Crippen MR) is 260 cm³/mol. The lowest BCUT2D eigenvalue weighted by molar-refractivity contribution is 0.319. The molecule has 0 aliphatic heterocycles. The summed E-state index contributed by atoms with van der Waals surface area (Å²) in [5.74, 6) is -1.20. The van der Waals surface area contributed by atoms with Gasteiger partial charge in [-0.1, -0.05) is 195 Å². The zero-order valence-electron chi connectivity index (χ0n) is 34.9. The average molecular weight is 816 g/mol. The molecule has 0 heterocycles. The number of fused-ring (bicyclic) bond motifs is 6. The maximum atomic E-state index is 12.6. The van der Waals surface area contributed by atoms with Crippen molar-refractivity contribution in [2.75, 3.05) is 4.90 Å². The van der Waals surface area contributed by atoms with Crippen molar-refractivity contribution in [2.24, 2.45) is 0 Å². The number of aliphatic hydroxyl groups is 3. The van der Waals surface area contributed by atoms with Crippen molar-refractivity contribution < 1.29 is 15.3 Å². The second-order valence-corrected chi connectivity index (χ2v) is 16.0. The van der Waals surface area contributed by atoms with Crippen molar-refractivity contribution in [3.63, 3.8) is 0 Å². The Hall–Kier alpha value is -8.08. The van der Waals surface area contributed by atoms with Gasteiger partial charge >= 0.3 is 0 Å². The highest BCUT2D eigenvalue weighted by atomic mass is 16.3. The van der Waals surface area contributed by atoms with Crippen LogP contribution in [0.25, 0.3) is 49.4 Å². The van der Waals surface area contributed by atoms with E-state index in [0.717, 1.165) is 71.9 Å². The normalized spacial score (nSPS) is 13.5. The van der Waals surface area contributed by atoms with Gasteiger partial charge in [-0.05, 0) is 108 Å². The molecule has 0 unspecified atom stereocenters. The maximum Gasteiger partial charge on any atom is 0.178 e. The van der Waals surface area contributed by atoms with Crippen LogP contribution in [0.5, 0.6) is 0 Å². The van der Waals surface area contributed by atoms with Crippen LogP contribution < -0.4 is 4.90 Å². The number of allylic oxidation sites excluding steroid dienone is 2. The van der Waals surface area contributed by atoms with Crippen LogP contribution in [0.3, 0.4) is 0 Å². The molecule has 3 N–H and O–H groups in total. The number of hydrogen-bond acceptors (Lipinski definition) is 4. The fourth-order valence-corrected chi connectivity index (χ4v) is 9.83. The molecule has 0 bridgehead atoms. The number of anilines is 2. The van der Waals surface area contributed by atoms with Gasteiger partial charge in [-0.2, -0.15) is 0 Å². The smallest absolute Gasteiger partial charge is 0.178 e. The molecule has 4 heteroatoms. The second-order valence-electron chi connectivity index (χ2n) is 16.0. The van der Waals surface area contributed by atoms with Crippen LogP contribution in [0.2, 0.25) is 0 Å². The molecule has 9 aromatic rings.